The molecule has 0 amide bonds. The fourth-order valence-corrected chi connectivity index (χ4v) is 4.09. The third kappa shape index (κ3) is 6.55. The number of allylic oxidation sites excluding steroid dienone is 2. The summed E-state index contributed by atoms with van der Waals surface area (Å²) in [5, 5.41) is 14.4. The summed E-state index contributed by atoms with van der Waals surface area (Å²) >= 11 is 0. The van der Waals surface area contributed by atoms with E-state index < -0.39 is 28.7 Å². The van der Waals surface area contributed by atoms with Gasteiger partial charge in [-0.05, 0) is 37.1 Å². The molecule has 0 saturated heterocycles. The Labute approximate surface area is 219 Å². The number of nitro groups is 1. The van der Waals surface area contributed by atoms with Crippen LogP contribution in [0.25, 0.3) is 0 Å². The van der Waals surface area contributed by atoms with Crippen molar-refractivity contribution in [2.45, 2.75) is 26.2 Å². The van der Waals surface area contributed by atoms with E-state index in [9.17, 15) is 24.5 Å². The fraction of sp³-hybridized carbons (Fsp3) is 0.296. The van der Waals surface area contributed by atoms with Crippen molar-refractivity contribution in [1.29, 1.82) is 0 Å². The summed E-state index contributed by atoms with van der Waals surface area (Å²) in [5.41, 5.74) is 2.32. The molecule has 0 bridgehead atoms. The third-order valence-electron chi connectivity index (χ3n) is 5.93. The molecule has 11 heteroatoms. The maximum absolute atomic E-state index is 13.3. The van der Waals surface area contributed by atoms with Gasteiger partial charge in [0.2, 0.25) is 0 Å². The largest absolute Gasteiger partial charge is 0.482 e. The Morgan fingerprint density at radius 1 is 0.947 bits per heavy atom. The number of ether oxygens (including phenoxy) is 4. The standard InChI is InChI=1S/C27H28N2O9/c1-16-23(26(31)36-4)25(19-6-5-7-20(14-19)29(33)34)24(17(2)28-16)27(32)37-13-12-18-8-10-21(11-9-18)38-15-22(30)35-3/h5-11,14,25,28H,12-13,15H2,1-4H3. The van der Waals surface area contributed by atoms with E-state index in [-0.39, 0.29) is 30.0 Å². The van der Waals surface area contributed by atoms with Crippen molar-refractivity contribution in [3.8, 4) is 5.75 Å². The highest BCUT2D eigenvalue weighted by molar-refractivity contribution is 5.99. The lowest BCUT2D eigenvalue weighted by Crippen LogP contribution is -2.32. The Morgan fingerprint density at radius 2 is 1.61 bits per heavy atom. The van der Waals surface area contributed by atoms with Gasteiger partial charge in [-0.15, -0.1) is 0 Å². The monoisotopic (exact) mass is 524 g/mol. The normalized spacial score (nSPS) is 14.9. The molecule has 200 valence electrons. The summed E-state index contributed by atoms with van der Waals surface area (Å²) in [7, 11) is 2.50. The Kier molecular flexibility index (Phi) is 9.20. The van der Waals surface area contributed by atoms with Crippen molar-refractivity contribution >= 4 is 23.6 Å². The number of rotatable bonds is 10. The molecular weight excluding hydrogens is 496 g/mol. The quantitative estimate of drug-likeness (QED) is 0.213. The van der Waals surface area contributed by atoms with Crippen molar-refractivity contribution < 1.29 is 38.3 Å². The molecule has 1 heterocycles. The van der Waals surface area contributed by atoms with Crippen LogP contribution in [-0.4, -0.2) is 50.3 Å². The Bertz CT molecular complexity index is 1300. The molecule has 3 rings (SSSR count). The zero-order valence-corrected chi connectivity index (χ0v) is 21.4. The number of nitrogens with zero attached hydrogens (tertiary/aromatic N) is 1. The Balaban J connectivity index is 1.79. The fourth-order valence-electron chi connectivity index (χ4n) is 4.09. The van der Waals surface area contributed by atoms with Gasteiger partial charge in [0.05, 0.1) is 42.8 Å². The molecule has 0 fully saturated rings. The SMILES string of the molecule is COC(=O)COc1ccc(CCOC(=O)C2=C(C)NC(C)=C(C(=O)OC)C2c2cccc([N+](=O)[O-])c2)cc1. The van der Waals surface area contributed by atoms with E-state index in [1.165, 1.54) is 32.4 Å². The van der Waals surface area contributed by atoms with Gasteiger partial charge >= 0.3 is 17.9 Å². The Morgan fingerprint density at radius 3 is 2.21 bits per heavy atom. The van der Waals surface area contributed by atoms with Crippen molar-refractivity contribution in [1.82, 2.24) is 5.32 Å². The van der Waals surface area contributed by atoms with Crippen molar-refractivity contribution in [2.75, 3.05) is 27.4 Å². The molecule has 0 radical (unpaired) electrons. The predicted octanol–water partition coefficient (Wildman–Crippen LogP) is 3.34. The molecule has 1 aliphatic heterocycles. The molecule has 1 unspecified atom stereocenters. The van der Waals surface area contributed by atoms with Crippen LogP contribution < -0.4 is 10.1 Å². The van der Waals surface area contributed by atoms with Crippen LogP contribution in [0.1, 0.15) is 30.9 Å². The second-order valence-corrected chi connectivity index (χ2v) is 8.37. The van der Waals surface area contributed by atoms with Crippen molar-refractivity contribution in [3.05, 3.63) is 92.3 Å². The molecule has 1 aliphatic rings. The van der Waals surface area contributed by atoms with Crippen LogP contribution in [0.2, 0.25) is 0 Å². The van der Waals surface area contributed by atoms with E-state index in [1.54, 1.807) is 44.2 Å². The number of carbonyl (C=O) groups is 3. The van der Waals surface area contributed by atoms with Gasteiger partial charge in [-0.1, -0.05) is 24.3 Å². The molecule has 0 spiro atoms. The summed E-state index contributed by atoms with van der Waals surface area (Å²) in [5.74, 6) is -2.27. The second-order valence-electron chi connectivity index (χ2n) is 8.37. The zero-order chi connectivity index (χ0) is 27.8. The lowest BCUT2D eigenvalue weighted by Gasteiger charge is -2.30. The number of benzene rings is 2. The predicted molar refractivity (Wildman–Crippen MR) is 135 cm³/mol. The lowest BCUT2D eigenvalue weighted by atomic mass is 9.80. The number of carbonyl (C=O) groups excluding carboxylic acids is 3. The van der Waals surface area contributed by atoms with Gasteiger partial charge in [0, 0.05) is 29.9 Å². The van der Waals surface area contributed by atoms with E-state index in [0.29, 0.717) is 29.1 Å². The highest BCUT2D eigenvalue weighted by Crippen LogP contribution is 2.40. The Hall–Kier alpha value is -4.67. The van der Waals surface area contributed by atoms with Gasteiger partial charge in [0.1, 0.15) is 5.75 Å². The minimum Gasteiger partial charge on any atom is -0.482 e. The molecule has 1 atom stereocenters. The molecule has 38 heavy (non-hydrogen) atoms. The van der Waals surface area contributed by atoms with Crippen LogP contribution in [0.15, 0.2) is 71.1 Å². The first-order chi connectivity index (χ1) is 18.2. The zero-order valence-electron chi connectivity index (χ0n) is 21.4. The maximum Gasteiger partial charge on any atom is 0.343 e. The van der Waals surface area contributed by atoms with Gasteiger partial charge in [0.15, 0.2) is 6.61 Å². The van der Waals surface area contributed by atoms with Gasteiger partial charge in [-0.2, -0.15) is 0 Å². The molecule has 2 aromatic carbocycles. The average Bonchev–Trinajstić information content (AvgIpc) is 2.91. The number of methoxy groups -OCH3 is 2. The number of nitrogens with one attached hydrogen (secondary N) is 1. The van der Waals surface area contributed by atoms with E-state index in [1.807, 2.05) is 0 Å². The first-order valence-corrected chi connectivity index (χ1v) is 11.6. The molecule has 0 saturated carbocycles. The van der Waals surface area contributed by atoms with Gasteiger partial charge < -0.3 is 24.3 Å². The number of esters is 3. The van der Waals surface area contributed by atoms with E-state index in [0.717, 1.165) is 5.56 Å². The number of hydrogen-bond acceptors (Lipinski definition) is 10. The van der Waals surface area contributed by atoms with Crippen LogP contribution in [0, 0.1) is 10.1 Å². The summed E-state index contributed by atoms with van der Waals surface area (Å²) in [6.45, 7) is 3.17. The van der Waals surface area contributed by atoms with Crippen LogP contribution in [0.3, 0.4) is 0 Å². The summed E-state index contributed by atoms with van der Waals surface area (Å²) in [6.07, 6.45) is 0.392. The minimum atomic E-state index is -0.928. The van der Waals surface area contributed by atoms with Gasteiger partial charge in [0.25, 0.3) is 5.69 Å². The lowest BCUT2D eigenvalue weighted by molar-refractivity contribution is -0.384. The second kappa shape index (κ2) is 12.5. The molecule has 0 aromatic heterocycles. The maximum atomic E-state index is 13.3. The number of non-ortho nitro benzene ring substituents is 1. The average molecular weight is 525 g/mol. The molecule has 1 N–H and O–H groups in total. The van der Waals surface area contributed by atoms with E-state index in [2.05, 4.69) is 10.1 Å². The third-order valence-corrected chi connectivity index (χ3v) is 5.93. The molecule has 2 aromatic rings. The number of dihydropyridines is 1. The minimum absolute atomic E-state index is 0.0376. The molecular formula is C27H28N2O9. The molecule has 11 nitrogen and oxygen atoms in total. The summed E-state index contributed by atoms with van der Waals surface area (Å²) in [4.78, 5) is 48.1. The first kappa shape index (κ1) is 27.9. The highest BCUT2D eigenvalue weighted by atomic mass is 16.6. The number of nitro benzene ring substituents is 1. The van der Waals surface area contributed by atoms with E-state index >= 15 is 0 Å². The van der Waals surface area contributed by atoms with Gasteiger partial charge in [-0.25, -0.2) is 14.4 Å². The van der Waals surface area contributed by atoms with Crippen LogP contribution >= 0.6 is 0 Å². The molecule has 0 aliphatic carbocycles. The van der Waals surface area contributed by atoms with Crippen molar-refractivity contribution in [3.63, 3.8) is 0 Å². The van der Waals surface area contributed by atoms with Crippen molar-refractivity contribution in [2.24, 2.45) is 0 Å². The van der Waals surface area contributed by atoms with E-state index in [4.69, 9.17) is 14.2 Å². The van der Waals surface area contributed by atoms with Crippen LogP contribution in [0.5, 0.6) is 5.75 Å². The van der Waals surface area contributed by atoms with Gasteiger partial charge in [-0.3, -0.25) is 10.1 Å². The van der Waals surface area contributed by atoms with Crippen LogP contribution in [0.4, 0.5) is 5.69 Å². The number of hydrogen-bond donors (Lipinski definition) is 1. The topological polar surface area (TPSA) is 143 Å². The summed E-state index contributed by atoms with van der Waals surface area (Å²) in [6, 6.07) is 12.7. The smallest absolute Gasteiger partial charge is 0.343 e. The summed E-state index contributed by atoms with van der Waals surface area (Å²) < 4.78 is 20.4. The first-order valence-electron chi connectivity index (χ1n) is 11.6. The van der Waals surface area contributed by atoms with Crippen LogP contribution in [-0.2, 0) is 35.0 Å². The highest BCUT2D eigenvalue weighted by Gasteiger charge is 2.38.